The van der Waals surface area contributed by atoms with Gasteiger partial charge in [-0.05, 0) is 43.5 Å². The summed E-state index contributed by atoms with van der Waals surface area (Å²) in [5.41, 5.74) is 1.21. The SMILES string of the molecule is O=C(NCc1cc(C(F)(F)F)nn1-c1cccc(Cl)c1)NC1CCCc2ncncc21. The average Bonchev–Trinajstić information content (AvgIpc) is 3.17. The van der Waals surface area contributed by atoms with Gasteiger partial charge in [0.2, 0.25) is 0 Å². The first-order valence-electron chi connectivity index (χ1n) is 9.56. The van der Waals surface area contributed by atoms with E-state index in [1.807, 2.05) is 0 Å². The van der Waals surface area contributed by atoms with Crippen molar-refractivity contribution in [1.82, 2.24) is 30.4 Å². The van der Waals surface area contributed by atoms with E-state index in [0.717, 1.165) is 41.3 Å². The molecule has 0 spiro atoms. The van der Waals surface area contributed by atoms with Gasteiger partial charge in [-0.25, -0.2) is 19.4 Å². The van der Waals surface area contributed by atoms with Crippen LogP contribution in [-0.4, -0.2) is 25.8 Å². The molecule has 1 atom stereocenters. The number of aryl methyl sites for hydroxylation is 1. The molecule has 162 valence electrons. The van der Waals surface area contributed by atoms with Gasteiger partial charge in [-0.1, -0.05) is 17.7 Å². The Kier molecular flexibility index (Phi) is 5.81. The minimum Gasteiger partial charge on any atom is -0.332 e. The van der Waals surface area contributed by atoms with Crippen LogP contribution in [0.2, 0.25) is 5.02 Å². The fraction of sp³-hybridized carbons (Fsp3) is 0.300. The Hall–Kier alpha value is -3.14. The van der Waals surface area contributed by atoms with Crippen molar-refractivity contribution >= 4 is 17.6 Å². The first-order valence-corrected chi connectivity index (χ1v) is 9.94. The molecule has 7 nitrogen and oxygen atoms in total. The zero-order chi connectivity index (χ0) is 22.0. The second kappa shape index (κ2) is 8.54. The highest BCUT2D eigenvalue weighted by Gasteiger charge is 2.35. The number of aromatic nitrogens is 4. The summed E-state index contributed by atoms with van der Waals surface area (Å²) in [6.45, 7) is -0.160. The van der Waals surface area contributed by atoms with Crippen molar-refractivity contribution in [2.45, 2.75) is 38.0 Å². The minimum absolute atomic E-state index is 0.160. The molecule has 0 radical (unpaired) electrons. The number of hydrogen-bond donors (Lipinski definition) is 2. The number of urea groups is 1. The molecular formula is C20H18ClF3N6O. The largest absolute Gasteiger partial charge is 0.435 e. The second-order valence-electron chi connectivity index (χ2n) is 7.11. The predicted molar refractivity (Wildman–Crippen MR) is 107 cm³/mol. The van der Waals surface area contributed by atoms with Crippen LogP contribution in [-0.2, 0) is 19.1 Å². The number of nitrogens with zero attached hydrogens (tertiary/aromatic N) is 4. The fourth-order valence-corrected chi connectivity index (χ4v) is 3.73. The van der Waals surface area contributed by atoms with E-state index in [2.05, 4.69) is 25.7 Å². The maximum Gasteiger partial charge on any atom is 0.435 e. The third-order valence-corrected chi connectivity index (χ3v) is 5.21. The van der Waals surface area contributed by atoms with Gasteiger partial charge in [-0.3, -0.25) is 0 Å². The molecule has 2 heterocycles. The smallest absolute Gasteiger partial charge is 0.332 e. The van der Waals surface area contributed by atoms with Crippen LogP contribution >= 0.6 is 11.6 Å². The van der Waals surface area contributed by atoms with Crippen LogP contribution < -0.4 is 10.6 Å². The molecule has 2 N–H and O–H groups in total. The van der Waals surface area contributed by atoms with Crippen molar-refractivity contribution in [1.29, 1.82) is 0 Å². The zero-order valence-electron chi connectivity index (χ0n) is 16.2. The summed E-state index contributed by atoms with van der Waals surface area (Å²) in [6.07, 6.45) is 0.939. The van der Waals surface area contributed by atoms with Crippen LogP contribution in [0.15, 0.2) is 42.9 Å². The monoisotopic (exact) mass is 450 g/mol. The number of alkyl halides is 3. The molecule has 3 aromatic rings. The Morgan fingerprint density at radius 3 is 2.90 bits per heavy atom. The lowest BCUT2D eigenvalue weighted by atomic mass is 9.92. The molecule has 0 saturated carbocycles. The van der Waals surface area contributed by atoms with Crippen molar-refractivity contribution in [3.05, 3.63) is 70.5 Å². The molecule has 11 heteroatoms. The molecule has 1 aliphatic rings. The van der Waals surface area contributed by atoms with Gasteiger partial charge in [0, 0.05) is 22.5 Å². The third kappa shape index (κ3) is 4.79. The first kappa shape index (κ1) is 21.1. The van der Waals surface area contributed by atoms with Crippen molar-refractivity contribution in [2.24, 2.45) is 0 Å². The summed E-state index contributed by atoms with van der Waals surface area (Å²) in [6, 6.07) is 6.45. The molecule has 0 saturated heterocycles. The highest BCUT2D eigenvalue weighted by molar-refractivity contribution is 6.30. The maximum absolute atomic E-state index is 13.2. The molecule has 0 bridgehead atoms. The Labute approximate surface area is 180 Å². The van der Waals surface area contributed by atoms with Gasteiger partial charge in [0.05, 0.1) is 24.0 Å². The summed E-state index contributed by atoms with van der Waals surface area (Å²) in [4.78, 5) is 20.7. The Morgan fingerprint density at radius 1 is 1.29 bits per heavy atom. The molecule has 0 aliphatic heterocycles. The number of hydrogen-bond acceptors (Lipinski definition) is 4. The first-order chi connectivity index (χ1) is 14.8. The Balaban J connectivity index is 1.50. The quantitative estimate of drug-likeness (QED) is 0.623. The highest BCUT2D eigenvalue weighted by Crippen LogP contribution is 2.30. The van der Waals surface area contributed by atoms with Crippen molar-refractivity contribution in [3.63, 3.8) is 0 Å². The lowest BCUT2D eigenvalue weighted by molar-refractivity contribution is -0.141. The Bertz CT molecular complexity index is 1100. The minimum atomic E-state index is -4.62. The highest BCUT2D eigenvalue weighted by atomic mass is 35.5. The van der Waals surface area contributed by atoms with Crippen molar-refractivity contribution in [2.75, 3.05) is 0 Å². The summed E-state index contributed by atoms with van der Waals surface area (Å²) in [5.74, 6) is 0. The number of carbonyl (C=O) groups excluding carboxylic acids is 1. The van der Waals surface area contributed by atoms with E-state index >= 15 is 0 Å². The van der Waals surface area contributed by atoms with Gasteiger partial charge in [0.1, 0.15) is 6.33 Å². The van der Waals surface area contributed by atoms with Gasteiger partial charge in [0.25, 0.3) is 0 Å². The number of nitrogens with one attached hydrogen (secondary N) is 2. The van der Waals surface area contributed by atoms with Gasteiger partial charge in [-0.15, -0.1) is 0 Å². The normalized spacial score (nSPS) is 15.9. The summed E-state index contributed by atoms with van der Waals surface area (Å²) >= 11 is 5.97. The van der Waals surface area contributed by atoms with Crippen LogP contribution in [0.25, 0.3) is 5.69 Å². The van der Waals surface area contributed by atoms with Crippen LogP contribution in [0.1, 0.15) is 41.5 Å². The van der Waals surface area contributed by atoms with Crippen molar-refractivity contribution < 1.29 is 18.0 Å². The predicted octanol–water partition coefficient (Wildman–Crippen LogP) is 4.21. The fourth-order valence-electron chi connectivity index (χ4n) is 3.54. The molecule has 2 aromatic heterocycles. The molecule has 0 fully saturated rings. The second-order valence-corrected chi connectivity index (χ2v) is 7.54. The third-order valence-electron chi connectivity index (χ3n) is 4.97. The van der Waals surface area contributed by atoms with Crippen LogP contribution in [0.4, 0.5) is 18.0 Å². The number of benzene rings is 1. The average molecular weight is 451 g/mol. The molecule has 2 amide bonds. The molecule has 1 aliphatic carbocycles. The number of carbonyl (C=O) groups is 1. The van der Waals surface area contributed by atoms with Gasteiger partial charge in [0.15, 0.2) is 5.69 Å². The van der Waals surface area contributed by atoms with Crippen LogP contribution in [0.3, 0.4) is 0 Å². The van der Waals surface area contributed by atoms with Gasteiger partial charge >= 0.3 is 12.2 Å². The molecule has 1 aromatic carbocycles. The van der Waals surface area contributed by atoms with E-state index in [4.69, 9.17) is 11.6 Å². The Morgan fingerprint density at radius 2 is 2.13 bits per heavy atom. The van der Waals surface area contributed by atoms with E-state index in [1.54, 1.807) is 24.4 Å². The molecule has 31 heavy (non-hydrogen) atoms. The van der Waals surface area contributed by atoms with Crippen LogP contribution in [0.5, 0.6) is 0 Å². The number of halogens is 4. The lowest BCUT2D eigenvalue weighted by Gasteiger charge is -2.25. The molecule has 1 unspecified atom stereocenters. The van der Waals surface area contributed by atoms with Gasteiger partial charge < -0.3 is 10.6 Å². The zero-order valence-corrected chi connectivity index (χ0v) is 16.9. The number of amides is 2. The van der Waals surface area contributed by atoms with E-state index in [9.17, 15) is 18.0 Å². The number of rotatable bonds is 4. The van der Waals surface area contributed by atoms with Crippen molar-refractivity contribution in [3.8, 4) is 5.69 Å². The molecule has 4 rings (SSSR count). The van der Waals surface area contributed by atoms with Crippen LogP contribution in [0, 0.1) is 0 Å². The van der Waals surface area contributed by atoms with E-state index in [0.29, 0.717) is 10.7 Å². The van der Waals surface area contributed by atoms with E-state index in [-0.39, 0.29) is 18.3 Å². The summed E-state index contributed by atoms with van der Waals surface area (Å²) < 4.78 is 40.8. The standard InChI is InChI=1S/C20H18ClF3N6O/c21-12-3-1-4-13(7-12)30-14(8-18(29-30)20(22,23)24)9-26-19(31)28-17-6-2-5-16-15(17)10-25-11-27-16/h1,3-4,7-8,10-11,17H,2,5-6,9H2,(H2,26,28,31). The van der Waals surface area contributed by atoms with Gasteiger partial charge in [-0.2, -0.15) is 18.3 Å². The van der Waals surface area contributed by atoms with E-state index in [1.165, 1.54) is 12.4 Å². The maximum atomic E-state index is 13.2. The topological polar surface area (TPSA) is 84.7 Å². The molecular weight excluding hydrogens is 433 g/mol. The lowest BCUT2D eigenvalue weighted by Crippen LogP contribution is -2.39. The summed E-state index contributed by atoms with van der Waals surface area (Å²) in [5, 5.41) is 9.48. The number of fused-ring (bicyclic) bond motifs is 1. The van der Waals surface area contributed by atoms with E-state index < -0.39 is 17.9 Å². The summed E-state index contributed by atoms with van der Waals surface area (Å²) in [7, 11) is 0.